The average molecular weight is 549 g/mol. The molecule has 206 valence electrons. The number of nitrogens with one attached hydrogen (secondary N) is 1. The Bertz CT molecular complexity index is 1680. The zero-order chi connectivity index (χ0) is 29.0. The summed E-state index contributed by atoms with van der Waals surface area (Å²) in [4.78, 5) is 64.1. The van der Waals surface area contributed by atoms with Gasteiger partial charge in [-0.2, -0.15) is 0 Å². The van der Waals surface area contributed by atoms with Crippen LogP contribution in [0, 0.1) is 20.2 Å². The molecular weight excluding hydrogens is 524 g/mol. The van der Waals surface area contributed by atoms with Gasteiger partial charge in [-0.3, -0.25) is 34.4 Å². The van der Waals surface area contributed by atoms with Crippen LogP contribution in [0.4, 0.5) is 11.4 Å². The van der Waals surface area contributed by atoms with E-state index >= 15 is 0 Å². The Labute approximate surface area is 225 Å². The fraction of sp³-hybridized carbons (Fsp3) is 0.192. The maximum atomic E-state index is 13.5. The van der Waals surface area contributed by atoms with Crippen molar-refractivity contribution in [3.63, 3.8) is 0 Å². The molecule has 14 heteroatoms. The van der Waals surface area contributed by atoms with Crippen LogP contribution in [0.2, 0.25) is 0 Å². The lowest BCUT2D eigenvalue weighted by Gasteiger charge is -2.22. The fourth-order valence-electron chi connectivity index (χ4n) is 4.47. The number of imidazole rings is 1. The molecule has 0 atom stereocenters. The molecule has 0 aliphatic rings. The third kappa shape index (κ3) is 5.80. The number of nitro benzene ring substituents is 2. The summed E-state index contributed by atoms with van der Waals surface area (Å²) in [5.74, 6) is -1.15. The van der Waals surface area contributed by atoms with Gasteiger partial charge in [-0.1, -0.05) is 30.3 Å². The summed E-state index contributed by atoms with van der Waals surface area (Å²) >= 11 is 0. The van der Waals surface area contributed by atoms with Gasteiger partial charge in [0.15, 0.2) is 0 Å². The van der Waals surface area contributed by atoms with Crippen molar-refractivity contribution in [1.82, 2.24) is 14.5 Å². The first-order valence-electron chi connectivity index (χ1n) is 11.9. The lowest BCUT2D eigenvalue weighted by molar-refractivity contribution is -0.385. The van der Waals surface area contributed by atoms with Crippen LogP contribution in [0.5, 0.6) is 5.75 Å². The van der Waals surface area contributed by atoms with Crippen molar-refractivity contribution in [2.24, 2.45) is 5.73 Å². The van der Waals surface area contributed by atoms with E-state index in [0.29, 0.717) is 5.56 Å². The third-order valence-corrected chi connectivity index (χ3v) is 6.26. The van der Waals surface area contributed by atoms with E-state index < -0.39 is 46.0 Å². The maximum absolute atomic E-state index is 13.5. The van der Waals surface area contributed by atoms with Crippen molar-refractivity contribution in [2.45, 2.75) is 19.5 Å². The highest BCUT2D eigenvalue weighted by Crippen LogP contribution is 2.30. The van der Waals surface area contributed by atoms with Crippen LogP contribution in [0.15, 0.2) is 65.5 Å². The summed E-state index contributed by atoms with van der Waals surface area (Å²) in [6.45, 7) is -0.652. The number of primary amides is 1. The van der Waals surface area contributed by atoms with Crippen LogP contribution in [0.3, 0.4) is 0 Å². The van der Waals surface area contributed by atoms with Crippen molar-refractivity contribution in [1.29, 1.82) is 0 Å². The van der Waals surface area contributed by atoms with E-state index in [1.807, 2.05) is 0 Å². The molecule has 0 saturated carbocycles. The standard InChI is InChI=1S/C26H24N6O8/c1-40-22-10-7-18(31(36)37)11-17(22)14-30-25-19(21(32(38)39)9-8-20(25)28-26(30)35)12-24(34)29(15-23(27)33)13-16-5-3-2-4-6-16/h2-11H,12-15H2,1H3,(H2,27,33)(H,28,35). The lowest BCUT2D eigenvalue weighted by atomic mass is 10.1. The SMILES string of the molecule is COc1ccc([N+](=O)[O-])cc1Cn1c(=O)[nH]c2ccc([N+](=O)[O-])c(CC(=O)N(CC(N)=O)Cc3ccccc3)c21. The smallest absolute Gasteiger partial charge is 0.326 e. The first kappa shape index (κ1) is 27.5. The Morgan fingerprint density at radius 3 is 2.40 bits per heavy atom. The summed E-state index contributed by atoms with van der Waals surface area (Å²) in [5.41, 5.74) is 5.24. The second-order valence-electron chi connectivity index (χ2n) is 8.86. The molecule has 1 aromatic heterocycles. The molecule has 0 aliphatic heterocycles. The van der Waals surface area contributed by atoms with Crippen LogP contribution >= 0.6 is 0 Å². The number of amides is 2. The fourth-order valence-corrected chi connectivity index (χ4v) is 4.47. The number of methoxy groups -OCH3 is 1. The molecule has 2 amide bonds. The molecule has 0 bridgehead atoms. The minimum atomic E-state index is -0.770. The van der Waals surface area contributed by atoms with Gasteiger partial charge in [-0.15, -0.1) is 0 Å². The number of aromatic amines is 1. The number of nitrogens with two attached hydrogens (primary N) is 1. The zero-order valence-corrected chi connectivity index (χ0v) is 21.2. The highest BCUT2D eigenvalue weighted by Gasteiger charge is 2.27. The monoisotopic (exact) mass is 548 g/mol. The Kier molecular flexibility index (Phi) is 7.89. The number of fused-ring (bicyclic) bond motifs is 1. The van der Waals surface area contributed by atoms with Gasteiger partial charge >= 0.3 is 5.69 Å². The highest BCUT2D eigenvalue weighted by atomic mass is 16.6. The number of carbonyl (C=O) groups is 2. The van der Waals surface area contributed by atoms with Gasteiger partial charge in [-0.25, -0.2) is 4.79 Å². The lowest BCUT2D eigenvalue weighted by Crippen LogP contribution is -2.39. The van der Waals surface area contributed by atoms with Crippen LogP contribution in [-0.2, 0) is 29.1 Å². The number of hydrogen-bond acceptors (Lipinski definition) is 8. The molecule has 3 aromatic carbocycles. The number of hydrogen-bond donors (Lipinski definition) is 2. The average Bonchev–Trinajstić information content (AvgIpc) is 3.23. The second kappa shape index (κ2) is 11.5. The van der Waals surface area contributed by atoms with E-state index in [4.69, 9.17) is 10.5 Å². The molecule has 0 radical (unpaired) electrons. The van der Waals surface area contributed by atoms with Gasteiger partial charge in [0, 0.05) is 30.3 Å². The summed E-state index contributed by atoms with van der Waals surface area (Å²) in [6, 6.07) is 15.2. The van der Waals surface area contributed by atoms with Crippen LogP contribution in [-0.4, -0.2) is 49.8 Å². The van der Waals surface area contributed by atoms with E-state index in [0.717, 1.165) is 4.57 Å². The number of carbonyl (C=O) groups excluding carboxylic acids is 2. The van der Waals surface area contributed by atoms with Crippen LogP contribution < -0.4 is 16.2 Å². The predicted octanol–water partition coefficient (Wildman–Crippen LogP) is 2.26. The van der Waals surface area contributed by atoms with Crippen molar-refractivity contribution in [3.8, 4) is 5.75 Å². The van der Waals surface area contributed by atoms with E-state index in [1.165, 1.54) is 42.3 Å². The highest BCUT2D eigenvalue weighted by molar-refractivity contribution is 5.91. The molecule has 1 heterocycles. The Morgan fingerprint density at radius 2 is 1.77 bits per heavy atom. The summed E-state index contributed by atoms with van der Waals surface area (Å²) in [7, 11) is 1.36. The molecule has 4 aromatic rings. The topological polar surface area (TPSA) is 197 Å². The minimum absolute atomic E-state index is 0.0250. The molecule has 40 heavy (non-hydrogen) atoms. The minimum Gasteiger partial charge on any atom is -0.496 e. The normalized spacial score (nSPS) is 10.8. The quantitative estimate of drug-likeness (QED) is 0.210. The molecule has 3 N–H and O–H groups in total. The van der Waals surface area contributed by atoms with Gasteiger partial charge < -0.3 is 20.4 Å². The molecular formula is C26H24N6O8. The summed E-state index contributed by atoms with van der Waals surface area (Å²) in [5, 5.41) is 23.3. The van der Waals surface area contributed by atoms with E-state index in [-0.39, 0.29) is 46.7 Å². The van der Waals surface area contributed by atoms with Gasteiger partial charge in [0.1, 0.15) is 5.75 Å². The van der Waals surface area contributed by atoms with E-state index in [2.05, 4.69) is 4.98 Å². The molecule has 0 fully saturated rings. The van der Waals surface area contributed by atoms with Crippen LogP contribution in [0.1, 0.15) is 16.7 Å². The maximum Gasteiger partial charge on any atom is 0.326 e. The van der Waals surface area contributed by atoms with E-state index in [9.17, 15) is 34.6 Å². The van der Waals surface area contributed by atoms with Gasteiger partial charge in [0.2, 0.25) is 11.8 Å². The molecule has 14 nitrogen and oxygen atoms in total. The van der Waals surface area contributed by atoms with Crippen molar-refractivity contribution >= 4 is 34.2 Å². The number of H-pyrrole nitrogens is 1. The van der Waals surface area contributed by atoms with Crippen molar-refractivity contribution in [3.05, 3.63) is 108 Å². The van der Waals surface area contributed by atoms with Crippen molar-refractivity contribution in [2.75, 3.05) is 13.7 Å². The third-order valence-electron chi connectivity index (χ3n) is 6.26. The number of ether oxygens (including phenoxy) is 1. The molecule has 0 aliphatic carbocycles. The van der Waals surface area contributed by atoms with Gasteiger partial charge in [0.05, 0.1) is 53.1 Å². The number of rotatable bonds is 11. The number of non-ortho nitro benzene ring substituents is 1. The molecule has 4 rings (SSSR count). The van der Waals surface area contributed by atoms with E-state index in [1.54, 1.807) is 30.3 Å². The molecule has 0 spiro atoms. The first-order chi connectivity index (χ1) is 19.1. The number of benzene rings is 3. The summed E-state index contributed by atoms with van der Waals surface area (Å²) in [6.07, 6.45) is -0.531. The number of aromatic nitrogens is 2. The Balaban J connectivity index is 1.82. The largest absolute Gasteiger partial charge is 0.496 e. The Morgan fingerprint density at radius 1 is 1.05 bits per heavy atom. The van der Waals surface area contributed by atoms with Gasteiger partial charge in [0.25, 0.3) is 11.4 Å². The zero-order valence-electron chi connectivity index (χ0n) is 21.2. The first-order valence-corrected chi connectivity index (χ1v) is 11.9. The molecule has 0 saturated heterocycles. The number of nitro groups is 2. The van der Waals surface area contributed by atoms with Crippen molar-refractivity contribution < 1.29 is 24.2 Å². The summed E-state index contributed by atoms with van der Waals surface area (Å²) < 4.78 is 6.46. The number of nitrogens with zero attached hydrogens (tertiary/aromatic N) is 4. The Hall–Kier alpha value is -5.53. The predicted molar refractivity (Wildman–Crippen MR) is 143 cm³/mol. The van der Waals surface area contributed by atoms with Crippen LogP contribution in [0.25, 0.3) is 11.0 Å². The van der Waals surface area contributed by atoms with Gasteiger partial charge in [-0.05, 0) is 17.7 Å². The molecule has 0 unspecified atom stereocenters. The second-order valence-corrected chi connectivity index (χ2v) is 8.86.